The molecule has 0 radical (unpaired) electrons. The van der Waals surface area contributed by atoms with Crippen LogP contribution in [0.2, 0.25) is 0 Å². The smallest absolute Gasteiger partial charge is 0.305 e. The van der Waals surface area contributed by atoms with E-state index in [0.29, 0.717) is 18.5 Å². The minimum atomic E-state index is -3.41. The van der Waals surface area contributed by atoms with Gasteiger partial charge in [0.05, 0.1) is 18.5 Å². The molecule has 0 aromatic heterocycles. The minimum absolute atomic E-state index is 0.328. The maximum Gasteiger partial charge on any atom is 0.362 e. The molecule has 24 heavy (non-hydrogen) atoms. The Labute approximate surface area is 144 Å². The van der Waals surface area contributed by atoms with E-state index in [0.717, 1.165) is 16.7 Å². The van der Waals surface area contributed by atoms with E-state index in [4.69, 9.17) is 9.05 Å². The van der Waals surface area contributed by atoms with Crippen molar-refractivity contribution in [1.29, 1.82) is 0 Å². The van der Waals surface area contributed by atoms with Crippen molar-refractivity contribution in [2.45, 2.75) is 27.7 Å². The quantitative estimate of drug-likeness (QED) is 0.446. The largest absolute Gasteiger partial charge is 0.362 e. The molecule has 0 saturated carbocycles. The molecule has 0 fully saturated rings. The minimum Gasteiger partial charge on any atom is -0.305 e. The first-order valence-electron chi connectivity index (χ1n) is 8.24. The number of rotatable bonds is 7. The maximum atomic E-state index is 13.5. The molecule has 0 saturated heterocycles. The van der Waals surface area contributed by atoms with Crippen LogP contribution in [0.1, 0.15) is 37.5 Å². The van der Waals surface area contributed by atoms with Gasteiger partial charge in [-0.3, -0.25) is 4.57 Å². The fourth-order valence-corrected chi connectivity index (χ4v) is 4.64. The molecular formula is C20H25O3P. The van der Waals surface area contributed by atoms with Crippen LogP contribution in [0.4, 0.5) is 0 Å². The van der Waals surface area contributed by atoms with Crippen molar-refractivity contribution in [2.75, 3.05) is 13.2 Å². The first kappa shape index (κ1) is 18.7. The van der Waals surface area contributed by atoms with Crippen molar-refractivity contribution in [2.24, 2.45) is 0 Å². The van der Waals surface area contributed by atoms with Gasteiger partial charge in [-0.15, -0.1) is 0 Å². The van der Waals surface area contributed by atoms with Crippen LogP contribution in [-0.4, -0.2) is 13.2 Å². The lowest BCUT2D eigenvalue weighted by Gasteiger charge is -2.23. The van der Waals surface area contributed by atoms with Gasteiger partial charge in [0.25, 0.3) is 0 Å². The average molecular weight is 344 g/mol. The summed E-state index contributed by atoms with van der Waals surface area (Å²) < 4.78 is 24.7. The summed E-state index contributed by atoms with van der Waals surface area (Å²) in [5.74, 6) is 0. The first-order chi connectivity index (χ1) is 11.5. The second kappa shape index (κ2) is 8.43. The molecule has 0 atom stereocenters. The molecule has 0 amide bonds. The molecule has 2 aromatic carbocycles. The number of allylic oxidation sites excluding steroid dienone is 1. The first-order valence-corrected chi connectivity index (χ1v) is 9.79. The van der Waals surface area contributed by atoms with E-state index in [-0.39, 0.29) is 0 Å². The molecule has 3 nitrogen and oxygen atoms in total. The van der Waals surface area contributed by atoms with Crippen molar-refractivity contribution >= 4 is 18.5 Å². The van der Waals surface area contributed by atoms with E-state index >= 15 is 0 Å². The number of hydrogen-bond acceptors (Lipinski definition) is 3. The predicted molar refractivity (Wildman–Crippen MR) is 101 cm³/mol. The number of aryl methyl sites for hydroxylation is 1. The van der Waals surface area contributed by atoms with Crippen molar-refractivity contribution in [3.8, 4) is 0 Å². The van der Waals surface area contributed by atoms with Gasteiger partial charge in [-0.1, -0.05) is 60.2 Å². The van der Waals surface area contributed by atoms with Crippen LogP contribution in [0, 0.1) is 6.92 Å². The molecule has 0 aliphatic rings. The summed E-state index contributed by atoms with van der Waals surface area (Å²) in [6.45, 7) is 8.33. The highest BCUT2D eigenvalue weighted by Gasteiger charge is 2.32. The summed E-state index contributed by atoms with van der Waals surface area (Å²) in [4.78, 5) is 0. The summed E-state index contributed by atoms with van der Waals surface area (Å²) in [7, 11) is -3.41. The molecule has 0 heterocycles. The van der Waals surface area contributed by atoms with Gasteiger partial charge in [-0.25, -0.2) is 0 Å². The van der Waals surface area contributed by atoms with Crippen molar-refractivity contribution in [1.82, 2.24) is 0 Å². The molecule has 0 aliphatic heterocycles. The second-order valence-corrected chi connectivity index (χ2v) is 7.50. The van der Waals surface area contributed by atoms with Gasteiger partial charge in [0, 0.05) is 0 Å². The topological polar surface area (TPSA) is 35.5 Å². The van der Waals surface area contributed by atoms with Crippen LogP contribution < -0.4 is 0 Å². The lowest BCUT2D eigenvalue weighted by atomic mass is 10.0. The standard InChI is InChI=1S/C20H25O3P/c1-5-22-24(21,23-6-2)20(19-10-8-7-9-11-19)17(4)18-14-12-16(3)13-15-18/h7-15H,5-6H2,1-4H3/b20-17+. The van der Waals surface area contributed by atoms with E-state index in [1.54, 1.807) is 0 Å². The van der Waals surface area contributed by atoms with Gasteiger partial charge < -0.3 is 9.05 Å². The molecule has 0 N–H and O–H groups in total. The Bertz CT molecular complexity index is 723. The van der Waals surface area contributed by atoms with Crippen molar-refractivity contribution in [3.05, 3.63) is 71.3 Å². The summed E-state index contributed by atoms with van der Waals surface area (Å²) in [5, 5.41) is 0.635. The summed E-state index contributed by atoms with van der Waals surface area (Å²) in [6, 6.07) is 17.9. The molecule has 0 spiro atoms. The Morgan fingerprint density at radius 1 is 0.875 bits per heavy atom. The summed E-state index contributed by atoms with van der Waals surface area (Å²) in [6.07, 6.45) is 0. The highest BCUT2D eigenvalue weighted by Crippen LogP contribution is 2.62. The molecule has 0 aliphatic carbocycles. The zero-order valence-corrected chi connectivity index (χ0v) is 15.7. The van der Waals surface area contributed by atoms with Crippen LogP contribution in [-0.2, 0) is 13.6 Å². The van der Waals surface area contributed by atoms with Crippen LogP contribution in [0.25, 0.3) is 10.9 Å². The van der Waals surface area contributed by atoms with E-state index in [1.807, 2.05) is 82.3 Å². The third-order valence-electron chi connectivity index (χ3n) is 3.76. The van der Waals surface area contributed by atoms with Gasteiger partial charge in [-0.05, 0) is 44.4 Å². The van der Waals surface area contributed by atoms with Crippen molar-refractivity contribution in [3.63, 3.8) is 0 Å². The summed E-state index contributed by atoms with van der Waals surface area (Å²) >= 11 is 0. The molecule has 4 heteroatoms. The fraction of sp³-hybridized carbons (Fsp3) is 0.300. The zero-order valence-electron chi connectivity index (χ0n) is 14.8. The molecule has 2 rings (SSSR count). The molecule has 128 valence electrons. The van der Waals surface area contributed by atoms with Crippen LogP contribution in [0.5, 0.6) is 0 Å². The van der Waals surface area contributed by atoms with Crippen LogP contribution >= 0.6 is 7.60 Å². The van der Waals surface area contributed by atoms with Crippen LogP contribution in [0.15, 0.2) is 54.6 Å². The zero-order chi connectivity index (χ0) is 17.6. The number of benzene rings is 2. The SMILES string of the molecule is CCOP(=O)(OCC)/C(=C(\C)c1ccc(C)cc1)c1ccccc1. The molecule has 0 bridgehead atoms. The van der Waals surface area contributed by atoms with Gasteiger partial charge in [0.1, 0.15) is 0 Å². The Morgan fingerprint density at radius 3 is 1.92 bits per heavy atom. The highest BCUT2D eigenvalue weighted by molar-refractivity contribution is 7.65. The average Bonchev–Trinajstić information content (AvgIpc) is 2.57. The Morgan fingerprint density at radius 2 is 1.42 bits per heavy atom. The van der Waals surface area contributed by atoms with Gasteiger partial charge in [0.15, 0.2) is 0 Å². The Hall–Kier alpha value is -1.67. The van der Waals surface area contributed by atoms with Gasteiger partial charge in [0.2, 0.25) is 0 Å². The Balaban J connectivity index is 2.68. The molecule has 2 aromatic rings. The monoisotopic (exact) mass is 344 g/mol. The fourth-order valence-electron chi connectivity index (χ4n) is 2.62. The van der Waals surface area contributed by atoms with Crippen molar-refractivity contribution < 1.29 is 13.6 Å². The molecule has 0 unspecified atom stereocenters. The van der Waals surface area contributed by atoms with Gasteiger partial charge in [-0.2, -0.15) is 0 Å². The number of hydrogen-bond donors (Lipinski definition) is 0. The van der Waals surface area contributed by atoms with Crippen LogP contribution in [0.3, 0.4) is 0 Å². The van der Waals surface area contributed by atoms with E-state index in [1.165, 1.54) is 5.56 Å². The lowest BCUT2D eigenvalue weighted by molar-refractivity contribution is 0.231. The summed E-state index contributed by atoms with van der Waals surface area (Å²) in [5.41, 5.74) is 3.97. The van der Waals surface area contributed by atoms with Gasteiger partial charge >= 0.3 is 7.60 Å². The van der Waals surface area contributed by atoms with E-state index < -0.39 is 7.60 Å². The lowest BCUT2D eigenvalue weighted by Crippen LogP contribution is -2.01. The predicted octanol–water partition coefficient (Wildman–Crippen LogP) is 6.15. The molecular weight excluding hydrogens is 319 g/mol. The van der Waals surface area contributed by atoms with E-state index in [9.17, 15) is 4.57 Å². The normalized spacial score (nSPS) is 12.8. The second-order valence-electron chi connectivity index (χ2n) is 5.54. The highest BCUT2D eigenvalue weighted by atomic mass is 31.2. The third-order valence-corrected chi connectivity index (χ3v) is 6.10. The third kappa shape index (κ3) is 4.24. The maximum absolute atomic E-state index is 13.5. The van der Waals surface area contributed by atoms with E-state index in [2.05, 4.69) is 0 Å². The Kier molecular flexibility index (Phi) is 6.56.